The van der Waals surface area contributed by atoms with Crippen LogP contribution in [0.5, 0.6) is 0 Å². The van der Waals surface area contributed by atoms with E-state index >= 15 is 0 Å². The van der Waals surface area contributed by atoms with Gasteiger partial charge in [0.25, 0.3) is 0 Å². The predicted octanol–water partition coefficient (Wildman–Crippen LogP) is 0.944. The van der Waals surface area contributed by atoms with Crippen LogP contribution >= 0.6 is 0 Å². The van der Waals surface area contributed by atoms with Crippen molar-refractivity contribution in [2.24, 2.45) is 13.0 Å². The van der Waals surface area contributed by atoms with Crippen LogP contribution < -0.4 is 5.32 Å². The van der Waals surface area contributed by atoms with Gasteiger partial charge in [-0.2, -0.15) is 5.10 Å². The highest BCUT2D eigenvalue weighted by Gasteiger charge is 2.24. The molecule has 20 heavy (non-hydrogen) atoms. The van der Waals surface area contributed by atoms with Crippen LogP contribution in [-0.4, -0.2) is 52.0 Å². The summed E-state index contributed by atoms with van der Waals surface area (Å²) in [5, 5.41) is 7.15. The summed E-state index contributed by atoms with van der Waals surface area (Å²) in [7, 11) is 1.84. The van der Waals surface area contributed by atoms with Crippen LogP contribution in [0.2, 0.25) is 0 Å². The first kappa shape index (κ1) is 14.8. The zero-order valence-electron chi connectivity index (χ0n) is 12.4. The van der Waals surface area contributed by atoms with Crippen molar-refractivity contribution in [3.8, 4) is 0 Å². The minimum absolute atomic E-state index is 0.0537. The molecule has 0 saturated carbocycles. The van der Waals surface area contributed by atoms with Crippen molar-refractivity contribution in [2.75, 3.05) is 26.3 Å². The van der Waals surface area contributed by atoms with E-state index in [1.54, 1.807) is 9.58 Å². The molecule has 7 heteroatoms. The Kier molecular flexibility index (Phi) is 4.94. The second-order valence-corrected chi connectivity index (χ2v) is 5.47. The van der Waals surface area contributed by atoms with E-state index in [9.17, 15) is 4.79 Å². The first-order valence-corrected chi connectivity index (χ1v) is 7.05. The van der Waals surface area contributed by atoms with Gasteiger partial charge in [-0.05, 0) is 12.3 Å². The number of amides is 2. The maximum atomic E-state index is 12.3. The molecule has 0 aliphatic carbocycles. The van der Waals surface area contributed by atoms with E-state index in [0.717, 1.165) is 12.2 Å². The average Bonchev–Trinajstić information content (AvgIpc) is 2.84. The van der Waals surface area contributed by atoms with Gasteiger partial charge in [-0.25, -0.2) is 9.78 Å². The Morgan fingerprint density at radius 2 is 2.15 bits per heavy atom. The number of aryl methyl sites for hydroxylation is 1. The van der Waals surface area contributed by atoms with Gasteiger partial charge in [0.05, 0.1) is 19.3 Å². The summed E-state index contributed by atoms with van der Waals surface area (Å²) in [6.45, 7) is 6.74. The summed E-state index contributed by atoms with van der Waals surface area (Å²) in [5.41, 5.74) is 0. The van der Waals surface area contributed by atoms with Gasteiger partial charge >= 0.3 is 6.03 Å². The highest BCUT2D eigenvalue weighted by molar-refractivity contribution is 5.74. The number of morpholine rings is 1. The Bertz CT molecular complexity index is 440. The molecular weight excluding hydrogens is 258 g/mol. The van der Waals surface area contributed by atoms with Crippen molar-refractivity contribution < 1.29 is 9.53 Å². The third-order valence-corrected chi connectivity index (χ3v) is 3.36. The lowest BCUT2D eigenvalue weighted by Gasteiger charge is -2.29. The first-order valence-electron chi connectivity index (χ1n) is 7.05. The maximum absolute atomic E-state index is 12.3. The second-order valence-electron chi connectivity index (χ2n) is 5.47. The molecule has 112 valence electrons. The standard InChI is InChI=1S/C13H23N5O2/c1-10(2)8-11(12-14-9-15-17(12)3)16-13(19)18-4-6-20-7-5-18/h9-11H,4-8H2,1-3H3,(H,16,19)/t11-/m0/s1. The highest BCUT2D eigenvalue weighted by atomic mass is 16.5. The molecule has 0 bridgehead atoms. The smallest absolute Gasteiger partial charge is 0.318 e. The van der Waals surface area contributed by atoms with Crippen molar-refractivity contribution in [3.05, 3.63) is 12.2 Å². The monoisotopic (exact) mass is 281 g/mol. The van der Waals surface area contributed by atoms with Gasteiger partial charge in [0, 0.05) is 20.1 Å². The number of nitrogens with one attached hydrogen (secondary N) is 1. The molecule has 1 saturated heterocycles. The number of rotatable bonds is 4. The van der Waals surface area contributed by atoms with E-state index in [4.69, 9.17) is 4.74 Å². The van der Waals surface area contributed by atoms with Gasteiger partial charge in [-0.1, -0.05) is 13.8 Å². The van der Waals surface area contributed by atoms with E-state index in [2.05, 4.69) is 29.2 Å². The molecule has 7 nitrogen and oxygen atoms in total. The third-order valence-electron chi connectivity index (χ3n) is 3.36. The molecule has 0 unspecified atom stereocenters. The summed E-state index contributed by atoms with van der Waals surface area (Å²) >= 11 is 0. The molecule has 0 radical (unpaired) electrons. The number of urea groups is 1. The fourth-order valence-corrected chi connectivity index (χ4v) is 2.33. The minimum atomic E-state index is -0.113. The molecule has 2 amide bonds. The number of carbonyl (C=O) groups is 1. The summed E-state index contributed by atoms with van der Waals surface area (Å²) in [5.74, 6) is 1.25. The average molecular weight is 281 g/mol. The van der Waals surface area contributed by atoms with Crippen LogP contribution in [0.15, 0.2) is 6.33 Å². The largest absolute Gasteiger partial charge is 0.378 e. The SMILES string of the molecule is CC(C)C[C@H](NC(=O)N1CCOCC1)c1ncnn1C. The molecule has 1 fully saturated rings. The Labute approximate surface area is 119 Å². The Balaban J connectivity index is 2.03. The van der Waals surface area contributed by atoms with Gasteiger partial charge in [-0.3, -0.25) is 4.68 Å². The summed E-state index contributed by atoms with van der Waals surface area (Å²) in [6, 6.07) is -0.167. The molecule has 1 aromatic heterocycles. The minimum Gasteiger partial charge on any atom is -0.378 e. The summed E-state index contributed by atoms with van der Waals surface area (Å²) in [6.07, 6.45) is 2.35. The number of ether oxygens (including phenoxy) is 1. The fourth-order valence-electron chi connectivity index (χ4n) is 2.33. The molecular formula is C13H23N5O2. The molecule has 2 heterocycles. The van der Waals surface area contributed by atoms with Gasteiger partial charge in [0.15, 0.2) is 0 Å². The van der Waals surface area contributed by atoms with E-state index in [1.165, 1.54) is 6.33 Å². The molecule has 0 aromatic carbocycles. The highest BCUT2D eigenvalue weighted by Crippen LogP contribution is 2.19. The van der Waals surface area contributed by atoms with Crippen LogP contribution in [0.25, 0.3) is 0 Å². The lowest BCUT2D eigenvalue weighted by Crippen LogP contribution is -2.47. The maximum Gasteiger partial charge on any atom is 0.318 e. The molecule has 0 spiro atoms. The van der Waals surface area contributed by atoms with Crippen molar-refractivity contribution in [1.29, 1.82) is 0 Å². The van der Waals surface area contributed by atoms with Crippen molar-refractivity contribution in [2.45, 2.75) is 26.3 Å². The van der Waals surface area contributed by atoms with E-state index in [-0.39, 0.29) is 12.1 Å². The Morgan fingerprint density at radius 1 is 1.45 bits per heavy atom. The van der Waals surface area contributed by atoms with E-state index < -0.39 is 0 Å². The normalized spacial score (nSPS) is 17.3. The molecule has 1 aromatic rings. The number of nitrogens with zero attached hydrogens (tertiary/aromatic N) is 4. The van der Waals surface area contributed by atoms with Gasteiger partial charge in [0.1, 0.15) is 12.2 Å². The molecule has 1 aliphatic heterocycles. The molecule has 2 rings (SSSR count). The fraction of sp³-hybridized carbons (Fsp3) is 0.769. The zero-order valence-corrected chi connectivity index (χ0v) is 12.4. The second kappa shape index (κ2) is 6.69. The lowest BCUT2D eigenvalue weighted by atomic mass is 10.0. The summed E-state index contributed by atoms with van der Waals surface area (Å²) in [4.78, 5) is 18.3. The predicted molar refractivity (Wildman–Crippen MR) is 74.1 cm³/mol. The molecule has 1 aliphatic rings. The first-order chi connectivity index (χ1) is 9.58. The van der Waals surface area contributed by atoms with Crippen LogP contribution in [0.4, 0.5) is 4.79 Å². The van der Waals surface area contributed by atoms with Crippen molar-refractivity contribution in [3.63, 3.8) is 0 Å². The van der Waals surface area contributed by atoms with Crippen LogP contribution in [0.3, 0.4) is 0 Å². The number of aromatic nitrogens is 3. The Morgan fingerprint density at radius 3 is 2.70 bits per heavy atom. The van der Waals surface area contributed by atoms with E-state index in [0.29, 0.717) is 32.2 Å². The van der Waals surface area contributed by atoms with Crippen LogP contribution in [-0.2, 0) is 11.8 Å². The van der Waals surface area contributed by atoms with Crippen molar-refractivity contribution >= 4 is 6.03 Å². The lowest BCUT2D eigenvalue weighted by molar-refractivity contribution is 0.0522. The number of hydrogen-bond acceptors (Lipinski definition) is 4. The Hall–Kier alpha value is -1.63. The molecule has 1 atom stereocenters. The number of carbonyl (C=O) groups excluding carboxylic acids is 1. The van der Waals surface area contributed by atoms with Crippen LogP contribution in [0, 0.1) is 5.92 Å². The third kappa shape index (κ3) is 3.69. The van der Waals surface area contributed by atoms with Gasteiger partial charge < -0.3 is 15.0 Å². The summed E-state index contributed by atoms with van der Waals surface area (Å²) < 4.78 is 6.98. The van der Waals surface area contributed by atoms with Gasteiger partial charge in [0.2, 0.25) is 0 Å². The van der Waals surface area contributed by atoms with E-state index in [1.807, 2.05) is 7.05 Å². The topological polar surface area (TPSA) is 72.3 Å². The number of hydrogen-bond donors (Lipinski definition) is 1. The zero-order chi connectivity index (χ0) is 14.5. The van der Waals surface area contributed by atoms with Crippen molar-refractivity contribution in [1.82, 2.24) is 25.0 Å². The quantitative estimate of drug-likeness (QED) is 0.891. The van der Waals surface area contributed by atoms with Gasteiger partial charge in [-0.15, -0.1) is 0 Å². The van der Waals surface area contributed by atoms with Crippen LogP contribution in [0.1, 0.15) is 32.1 Å². The molecule has 1 N–H and O–H groups in total.